The average molecular weight is 252 g/mol. The SMILES string of the molecule is CC(C)NCCc1ncc(CC(C)C(C)(C)C)o1. The Hall–Kier alpha value is -0.830. The molecule has 3 nitrogen and oxygen atoms in total. The van der Waals surface area contributed by atoms with Crippen LogP contribution >= 0.6 is 0 Å². The smallest absolute Gasteiger partial charge is 0.195 e. The topological polar surface area (TPSA) is 38.1 Å². The highest BCUT2D eigenvalue weighted by molar-refractivity contribution is 4.97. The van der Waals surface area contributed by atoms with Gasteiger partial charge in [0.1, 0.15) is 5.76 Å². The van der Waals surface area contributed by atoms with Crippen LogP contribution in [0.5, 0.6) is 0 Å². The molecule has 1 rings (SSSR count). The fourth-order valence-electron chi connectivity index (χ4n) is 1.63. The fourth-order valence-corrected chi connectivity index (χ4v) is 1.63. The van der Waals surface area contributed by atoms with Crippen molar-refractivity contribution in [2.75, 3.05) is 6.54 Å². The van der Waals surface area contributed by atoms with Crippen LogP contribution in [0, 0.1) is 11.3 Å². The highest BCUT2D eigenvalue weighted by atomic mass is 16.4. The molecule has 1 atom stereocenters. The van der Waals surface area contributed by atoms with Crippen molar-refractivity contribution in [2.24, 2.45) is 11.3 Å². The molecule has 0 aliphatic rings. The highest BCUT2D eigenvalue weighted by Gasteiger charge is 2.21. The predicted octanol–water partition coefficient (Wildman–Crippen LogP) is 3.44. The summed E-state index contributed by atoms with van der Waals surface area (Å²) in [6, 6.07) is 0.514. The summed E-state index contributed by atoms with van der Waals surface area (Å²) in [7, 11) is 0. The standard InChI is InChI=1S/C15H28N2O/c1-11(2)16-8-7-14-17-10-13(18-14)9-12(3)15(4,5)6/h10-12,16H,7-9H2,1-6H3. The summed E-state index contributed by atoms with van der Waals surface area (Å²) >= 11 is 0. The first-order chi connectivity index (χ1) is 8.29. The van der Waals surface area contributed by atoms with Gasteiger partial charge in [0.05, 0.1) is 6.20 Å². The van der Waals surface area contributed by atoms with Crippen LogP contribution in [0.3, 0.4) is 0 Å². The zero-order valence-corrected chi connectivity index (χ0v) is 12.7. The molecule has 1 unspecified atom stereocenters. The Balaban J connectivity index is 2.43. The van der Waals surface area contributed by atoms with Crippen LogP contribution in [0.25, 0.3) is 0 Å². The largest absolute Gasteiger partial charge is 0.446 e. The summed E-state index contributed by atoms with van der Waals surface area (Å²) in [5, 5.41) is 3.37. The van der Waals surface area contributed by atoms with E-state index in [1.807, 2.05) is 6.20 Å². The Morgan fingerprint density at radius 2 is 1.94 bits per heavy atom. The lowest BCUT2D eigenvalue weighted by Gasteiger charge is -2.26. The molecule has 104 valence electrons. The zero-order chi connectivity index (χ0) is 13.8. The number of nitrogens with one attached hydrogen (secondary N) is 1. The van der Waals surface area contributed by atoms with Gasteiger partial charge in [0, 0.05) is 25.4 Å². The van der Waals surface area contributed by atoms with Crippen molar-refractivity contribution in [3.8, 4) is 0 Å². The van der Waals surface area contributed by atoms with E-state index in [9.17, 15) is 0 Å². The first-order valence-electron chi connectivity index (χ1n) is 6.96. The Kier molecular flexibility index (Phi) is 5.39. The maximum atomic E-state index is 5.78. The van der Waals surface area contributed by atoms with Crippen LogP contribution in [-0.2, 0) is 12.8 Å². The van der Waals surface area contributed by atoms with E-state index < -0.39 is 0 Å². The summed E-state index contributed by atoms with van der Waals surface area (Å²) in [6.45, 7) is 14.3. The van der Waals surface area contributed by atoms with Crippen molar-refractivity contribution in [3.05, 3.63) is 17.8 Å². The number of hydrogen-bond donors (Lipinski definition) is 1. The first kappa shape index (κ1) is 15.2. The van der Waals surface area contributed by atoms with Crippen molar-refractivity contribution in [1.29, 1.82) is 0 Å². The van der Waals surface area contributed by atoms with Gasteiger partial charge >= 0.3 is 0 Å². The van der Waals surface area contributed by atoms with E-state index in [4.69, 9.17) is 4.42 Å². The third-order valence-corrected chi connectivity index (χ3v) is 3.48. The molecular formula is C15H28N2O. The van der Waals surface area contributed by atoms with Gasteiger partial charge < -0.3 is 9.73 Å². The van der Waals surface area contributed by atoms with Gasteiger partial charge in [-0.15, -0.1) is 0 Å². The van der Waals surface area contributed by atoms with Crippen LogP contribution < -0.4 is 5.32 Å². The molecular weight excluding hydrogens is 224 g/mol. The van der Waals surface area contributed by atoms with E-state index in [0.717, 1.165) is 31.0 Å². The lowest BCUT2D eigenvalue weighted by molar-refractivity contribution is 0.246. The van der Waals surface area contributed by atoms with Gasteiger partial charge in [-0.3, -0.25) is 0 Å². The van der Waals surface area contributed by atoms with Crippen molar-refractivity contribution in [2.45, 2.75) is 60.4 Å². The van der Waals surface area contributed by atoms with Crippen LogP contribution in [-0.4, -0.2) is 17.6 Å². The van der Waals surface area contributed by atoms with E-state index in [1.54, 1.807) is 0 Å². The molecule has 1 heterocycles. The molecule has 0 spiro atoms. The normalized spacial score (nSPS) is 14.2. The average Bonchev–Trinajstić information content (AvgIpc) is 2.63. The van der Waals surface area contributed by atoms with Gasteiger partial charge in [0.15, 0.2) is 5.89 Å². The molecule has 0 aliphatic carbocycles. The molecule has 0 bridgehead atoms. The van der Waals surface area contributed by atoms with Gasteiger partial charge in [-0.1, -0.05) is 41.5 Å². The predicted molar refractivity (Wildman–Crippen MR) is 75.7 cm³/mol. The fraction of sp³-hybridized carbons (Fsp3) is 0.800. The van der Waals surface area contributed by atoms with Crippen molar-refractivity contribution < 1.29 is 4.42 Å². The van der Waals surface area contributed by atoms with Gasteiger partial charge in [-0.2, -0.15) is 0 Å². The van der Waals surface area contributed by atoms with E-state index in [0.29, 0.717) is 17.4 Å². The first-order valence-corrected chi connectivity index (χ1v) is 6.96. The van der Waals surface area contributed by atoms with Crippen molar-refractivity contribution in [3.63, 3.8) is 0 Å². The van der Waals surface area contributed by atoms with Crippen molar-refractivity contribution >= 4 is 0 Å². The summed E-state index contributed by atoms with van der Waals surface area (Å²) in [6.07, 6.45) is 3.71. The number of oxazole rings is 1. The second-order valence-electron chi connectivity index (χ2n) is 6.55. The molecule has 0 aromatic carbocycles. The third kappa shape index (κ3) is 5.21. The zero-order valence-electron chi connectivity index (χ0n) is 12.7. The Bertz CT molecular complexity index is 350. The maximum absolute atomic E-state index is 5.78. The monoisotopic (exact) mass is 252 g/mol. The molecule has 1 N–H and O–H groups in total. The number of hydrogen-bond acceptors (Lipinski definition) is 3. The number of nitrogens with zero attached hydrogens (tertiary/aromatic N) is 1. The number of rotatable bonds is 6. The van der Waals surface area contributed by atoms with Gasteiger partial charge in [0.25, 0.3) is 0 Å². The van der Waals surface area contributed by atoms with E-state index in [-0.39, 0.29) is 0 Å². The van der Waals surface area contributed by atoms with E-state index in [1.165, 1.54) is 0 Å². The Morgan fingerprint density at radius 3 is 2.50 bits per heavy atom. The summed E-state index contributed by atoms with van der Waals surface area (Å²) in [4.78, 5) is 4.34. The molecule has 0 saturated heterocycles. The minimum Gasteiger partial charge on any atom is -0.446 e. The minimum atomic E-state index is 0.312. The Labute approximate surface area is 111 Å². The molecule has 18 heavy (non-hydrogen) atoms. The van der Waals surface area contributed by atoms with Crippen LogP contribution in [0.15, 0.2) is 10.6 Å². The van der Waals surface area contributed by atoms with Gasteiger partial charge in [-0.25, -0.2) is 4.98 Å². The molecule has 0 aliphatic heterocycles. The van der Waals surface area contributed by atoms with Crippen molar-refractivity contribution in [1.82, 2.24) is 10.3 Å². The lowest BCUT2D eigenvalue weighted by atomic mass is 9.80. The molecule has 0 radical (unpaired) electrons. The second-order valence-corrected chi connectivity index (χ2v) is 6.55. The summed E-state index contributed by atoms with van der Waals surface area (Å²) < 4.78 is 5.78. The minimum absolute atomic E-state index is 0.312. The Morgan fingerprint density at radius 1 is 1.28 bits per heavy atom. The summed E-state index contributed by atoms with van der Waals surface area (Å²) in [5.41, 5.74) is 0.312. The molecule has 1 aromatic rings. The lowest BCUT2D eigenvalue weighted by Crippen LogP contribution is -2.25. The molecule has 0 fully saturated rings. The molecule has 0 saturated carbocycles. The highest BCUT2D eigenvalue weighted by Crippen LogP contribution is 2.28. The third-order valence-electron chi connectivity index (χ3n) is 3.48. The molecule has 1 aromatic heterocycles. The maximum Gasteiger partial charge on any atom is 0.195 e. The molecule has 3 heteroatoms. The van der Waals surface area contributed by atoms with E-state index in [2.05, 4.69) is 51.8 Å². The molecule has 0 amide bonds. The van der Waals surface area contributed by atoms with Crippen LogP contribution in [0.1, 0.15) is 53.2 Å². The van der Waals surface area contributed by atoms with Gasteiger partial charge in [0.2, 0.25) is 0 Å². The van der Waals surface area contributed by atoms with Crippen LogP contribution in [0.4, 0.5) is 0 Å². The number of aromatic nitrogens is 1. The van der Waals surface area contributed by atoms with E-state index >= 15 is 0 Å². The quantitative estimate of drug-likeness (QED) is 0.843. The van der Waals surface area contributed by atoms with Crippen LogP contribution in [0.2, 0.25) is 0 Å². The van der Waals surface area contributed by atoms with Gasteiger partial charge in [-0.05, 0) is 11.3 Å². The second kappa shape index (κ2) is 6.37. The summed E-state index contributed by atoms with van der Waals surface area (Å²) in [5.74, 6) is 2.45.